The van der Waals surface area contributed by atoms with Gasteiger partial charge in [-0.1, -0.05) is 63.4 Å². The summed E-state index contributed by atoms with van der Waals surface area (Å²) in [6.07, 6.45) is 1.46. The number of carbonyl (C=O) groups excluding carboxylic acids is 2. The molecule has 4 rings (SSSR count). The summed E-state index contributed by atoms with van der Waals surface area (Å²) in [4.78, 5) is 25.5. The van der Waals surface area contributed by atoms with E-state index in [1.807, 2.05) is 6.07 Å². The first kappa shape index (κ1) is 33.7. The number of ether oxygens (including phenoxy) is 3. The molecule has 1 aliphatic heterocycles. The van der Waals surface area contributed by atoms with Crippen LogP contribution in [0.5, 0.6) is 11.5 Å². The average Bonchev–Trinajstić information content (AvgIpc) is 2.96. The molecule has 230 valence electrons. The third kappa shape index (κ3) is 8.72. The fraction of sp³-hybridized carbons (Fsp3) is 0.200. The molecular weight excluding hydrogens is 759 g/mol. The number of hydrazone groups is 1. The highest BCUT2D eigenvalue weighted by Crippen LogP contribution is 2.35. The first-order valence-corrected chi connectivity index (χ1v) is 15.9. The highest BCUT2D eigenvalue weighted by molar-refractivity contribution is 9.11. The molecule has 14 heteroatoms. The Kier molecular flexibility index (Phi) is 12.0. The van der Waals surface area contributed by atoms with Crippen LogP contribution in [-0.4, -0.2) is 36.4 Å². The molecule has 0 spiro atoms. The topological polar surface area (TPSA) is 110 Å². The number of hydrogen-bond donors (Lipinski definition) is 3. The number of esters is 1. The Bertz CT molecular complexity index is 1650. The van der Waals surface area contributed by atoms with Crippen molar-refractivity contribution in [1.29, 1.82) is 0 Å². The van der Waals surface area contributed by atoms with Gasteiger partial charge >= 0.3 is 5.97 Å². The smallest absolute Gasteiger partial charge is 0.338 e. The molecule has 1 atom stereocenters. The number of allylic oxidation sites excluding steroid dienone is 1. The van der Waals surface area contributed by atoms with Gasteiger partial charge in [0.25, 0.3) is 5.91 Å². The van der Waals surface area contributed by atoms with E-state index in [0.29, 0.717) is 53.5 Å². The molecule has 0 aliphatic carbocycles. The molecule has 0 radical (unpaired) electrons. The molecule has 3 N–H and O–H groups in total. The molecule has 44 heavy (non-hydrogen) atoms. The summed E-state index contributed by atoms with van der Waals surface area (Å²) < 4.78 is 18.6. The summed E-state index contributed by atoms with van der Waals surface area (Å²) in [5, 5.41) is 11.5. The summed E-state index contributed by atoms with van der Waals surface area (Å²) >= 11 is 24.6. The van der Waals surface area contributed by atoms with E-state index in [9.17, 15) is 9.59 Å². The normalized spacial score (nSPS) is 14.6. The SMILES string of the molecule is CCOC(=O)C1=C(C)NC(=S)N[C@@H]1c1ccccc1OCC(=O)NN=Cc1cc(Br)cc(Br)c1OCc1ccc(Cl)cc1Cl. The molecule has 1 amide bonds. The van der Waals surface area contributed by atoms with E-state index in [4.69, 9.17) is 49.6 Å². The monoisotopic (exact) mass is 782 g/mol. The number of hydrogen-bond acceptors (Lipinski definition) is 7. The second-order valence-electron chi connectivity index (χ2n) is 9.24. The van der Waals surface area contributed by atoms with Crippen LogP contribution in [-0.2, 0) is 20.9 Å². The van der Waals surface area contributed by atoms with Crippen LogP contribution < -0.4 is 25.5 Å². The Morgan fingerprint density at radius 3 is 2.64 bits per heavy atom. The van der Waals surface area contributed by atoms with Gasteiger partial charge in [0.2, 0.25) is 0 Å². The summed E-state index contributed by atoms with van der Waals surface area (Å²) in [5.41, 5.74) is 5.34. The van der Waals surface area contributed by atoms with Crippen LogP contribution in [0.15, 0.2) is 79.9 Å². The summed E-state index contributed by atoms with van der Waals surface area (Å²) in [7, 11) is 0. The van der Waals surface area contributed by atoms with Gasteiger partial charge in [-0.2, -0.15) is 5.10 Å². The van der Waals surface area contributed by atoms with Crippen molar-refractivity contribution in [2.24, 2.45) is 5.10 Å². The number of thiocarbonyl (C=S) groups is 1. The molecular formula is C30H26Br2Cl2N4O5S. The minimum atomic E-state index is -0.642. The number of carbonyl (C=O) groups is 2. The second kappa shape index (κ2) is 15.7. The van der Waals surface area contributed by atoms with Gasteiger partial charge in [-0.3, -0.25) is 4.79 Å². The number of halogens is 4. The molecule has 0 fully saturated rings. The van der Waals surface area contributed by atoms with Crippen LogP contribution in [0.1, 0.15) is 36.6 Å². The Balaban J connectivity index is 1.44. The molecule has 0 aromatic heterocycles. The first-order valence-electron chi connectivity index (χ1n) is 13.1. The Morgan fingerprint density at radius 1 is 1.11 bits per heavy atom. The predicted octanol–water partition coefficient (Wildman–Crippen LogP) is 6.98. The molecule has 1 heterocycles. The zero-order valence-corrected chi connectivity index (χ0v) is 28.9. The molecule has 3 aromatic carbocycles. The maximum absolute atomic E-state index is 12.8. The largest absolute Gasteiger partial charge is 0.487 e. The number of para-hydroxylation sites is 1. The minimum absolute atomic E-state index is 0.180. The van der Waals surface area contributed by atoms with Crippen molar-refractivity contribution in [3.63, 3.8) is 0 Å². The van der Waals surface area contributed by atoms with E-state index >= 15 is 0 Å². The fourth-order valence-electron chi connectivity index (χ4n) is 4.22. The van der Waals surface area contributed by atoms with Gasteiger partial charge in [0.05, 0.1) is 28.9 Å². The minimum Gasteiger partial charge on any atom is -0.487 e. The first-order chi connectivity index (χ1) is 21.1. The van der Waals surface area contributed by atoms with E-state index in [0.717, 1.165) is 10.0 Å². The lowest BCUT2D eigenvalue weighted by molar-refractivity contribution is -0.139. The third-order valence-corrected chi connectivity index (χ3v) is 8.02. The van der Waals surface area contributed by atoms with Gasteiger partial charge in [0.1, 0.15) is 18.1 Å². The number of rotatable bonds is 11. The number of nitrogens with one attached hydrogen (secondary N) is 3. The van der Waals surface area contributed by atoms with Crippen molar-refractivity contribution in [3.05, 3.63) is 102 Å². The molecule has 1 aliphatic rings. The third-order valence-electron chi connectivity index (χ3n) is 6.17. The van der Waals surface area contributed by atoms with E-state index in [-0.39, 0.29) is 19.8 Å². The van der Waals surface area contributed by atoms with Gasteiger partial charge in [-0.15, -0.1) is 0 Å². The summed E-state index contributed by atoms with van der Waals surface area (Å²) in [6.45, 7) is 3.53. The van der Waals surface area contributed by atoms with Crippen molar-refractivity contribution in [2.45, 2.75) is 26.5 Å². The fourth-order valence-corrected chi connectivity index (χ4v) is 6.33. The molecule has 3 aromatic rings. The summed E-state index contributed by atoms with van der Waals surface area (Å²) in [5.74, 6) is -0.115. The van der Waals surface area contributed by atoms with E-state index in [1.165, 1.54) is 6.21 Å². The lowest BCUT2D eigenvalue weighted by Crippen LogP contribution is -2.45. The number of nitrogens with zero attached hydrogens (tertiary/aromatic N) is 1. The standard InChI is InChI=1S/C30H26Br2Cl2N4O5S/c1-3-41-29(40)26-16(2)36-30(44)37-27(26)21-6-4-5-7-24(21)42-15-25(39)38-35-13-18-10-19(31)11-22(32)28(18)43-14-17-8-9-20(33)12-23(17)34/h4-13,27H,3,14-15H2,1-2H3,(H,38,39)(H2,36,37,44)/t27-/m1/s1. The van der Waals surface area contributed by atoms with Gasteiger partial charge in [0, 0.05) is 36.9 Å². The molecule has 0 saturated carbocycles. The summed E-state index contributed by atoms with van der Waals surface area (Å²) in [6, 6.07) is 15.2. The Morgan fingerprint density at radius 2 is 1.89 bits per heavy atom. The quantitative estimate of drug-likeness (QED) is 0.0828. The second-order valence-corrected chi connectivity index (χ2v) is 12.3. The average molecular weight is 785 g/mol. The number of benzene rings is 3. The Hall–Kier alpha value is -3.16. The van der Waals surface area contributed by atoms with Crippen LogP contribution in [0, 0.1) is 0 Å². The lowest BCUT2D eigenvalue weighted by atomic mass is 9.95. The van der Waals surface area contributed by atoms with Crippen LogP contribution >= 0.6 is 67.3 Å². The van der Waals surface area contributed by atoms with Crippen molar-refractivity contribution in [2.75, 3.05) is 13.2 Å². The van der Waals surface area contributed by atoms with Gasteiger partial charge in [0.15, 0.2) is 11.7 Å². The molecule has 0 unspecified atom stereocenters. The van der Waals surface area contributed by atoms with Crippen molar-refractivity contribution < 1.29 is 23.8 Å². The van der Waals surface area contributed by atoms with Gasteiger partial charge in [-0.05, 0) is 72.3 Å². The van der Waals surface area contributed by atoms with Crippen molar-refractivity contribution >= 4 is 90.5 Å². The Labute approximate surface area is 286 Å². The van der Waals surface area contributed by atoms with E-state index < -0.39 is 17.9 Å². The lowest BCUT2D eigenvalue weighted by Gasteiger charge is -2.30. The van der Waals surface area contributed by atoms with Crippen molar-refractivity contribution in [1.82, 2.24) is 16.1 Å². The van der Waals surface area contributed by atoms with Crippen LogP contribution in [0.2, 0.25) is 10.0 Å². The van der Waals surface area contributed by atoms with Crippen LogP contribution in [0.4, 0.5) is 0 Å². The maximum atomic E-state index is 12.8. The number of amides is 1. The molecule has 0 saturated heterocycles. The highest BCUT2D eigenvalue weighted by Gasteiger charge is 2.32. The molecule has 9 nitrogen and oxygen atoms in total. The zero-order chi connectivity index (χ0) is 31.8. The van der Waals surface area contributed by atoms with E-state index in [1.54, 1.807) is 62.4 Å². The van der Waals surface area contributed by atoms with Gasteiger partial charge in [-0.25, -0.2) is 10.2 Å². The highest BCUT2D eigenvalue weighted by atomic mass is 79.9. The zero-order valence-electron chi connectivity index (χ0n) is 23.4. The van der Waals surface area contributed by atoms with Crippen LogP contribution in [0.3, 0.4) is 0 Å². The van der Waals surface area contributed by atoms with Crippen molar-refractivity contribution in [3.8, 4) is 11.5 Å². The maximum Gasteiger partial charge on any atom is 0.338 e. The molecule has 0 bridgehead atoms. The predicted molar refractivity (Wildman–Crippen MR) is 181 cm³/mol. The van der Waals surface area contributed by atoms with Gasteiger partial charge < -0.3 is 24.8 Å². The van der Waals surface area contributed by atoms with Crippen LogP contribution in [0.25, 0.3) is 0 Å². The van der Waals surface area contributed by atoms with E-state index in [2.05, 4.69) is 53.0 Å².